The van der Waals surface area contributed by atoms with Gasteiger partial charge in [0.2, 0.25) is 0 Å². The molecule has 1 rings (SSSR count). The number of halogens is 1. The van der Waals surface area contributed by atoms with Crippen molar-refractivity contribution in [3.63, 3.8) is 0 Å². The van der Waals surface area contributed by atoms with Gasteiger partial charge in [-0.15, -0.1) is 24.0 Å². The fourth-order valence-corrected chi connectivity index (χ4v) is 2.16. The average molecular weight is 452 g/mol. The number of ether oxygens (including phenoxy) is 1. The van der Waals surface area contributed by atoms with Crippen LogP contribution in [0.5, 0.6) is 0 Å². The molecule has 0 aliphatic rings. The van der Waals surface area contributed by atoms with Crippen LogP contribution in [0.2, 0.25) is 0 Å². The van der Waals surface area contributed by atoms with Crippen molar-refractivity contribution in [2.24, 2.45) is 4.99 Å². The SMILES string of the molecule is CCCCOCCCNC(=NC)NCC(c1ccco1)N(C)C.I. The third-order valence-electron chi connectivity index (χ3n) is 3.58. The first-order valence-corrected chi connectivity index (χ1v) is 8.41. The zero-order valence-corrected chi connectivity index (χ0v) is 17.7. The van der Waals surface area contributed by atoms with E-state index < -0.39 is 0 Å². The Kier molecular flexibility index (Phi) is 14.1. The molecular formula is C17H33IN4O2. The molecule has 1 atom stereocenters. The van der Waals surface area contributed by atoms with Crippen LogP contribution >= 0.6 is 24.0 Å². The molecule has 1 aromatic rings. The molecule has 0 saturated carbocycles. The second kappa shape index (κ2) is 14.5. The van der Waals surface area contributed by atoms with Gasteiger partial charge in [-0.1, -0.05) is 13.3 Å². The van der Waals surface area contributed by atoms with Gasteiger partial charge in [-0.25, -0.2) is 0 Å². The molecule has 0 aliphatic carbocycles. The molecule has 0 aromatic carbocycles. The smallest absolute Gasteiger partial charge is 0.191 e. The van der Waals surface area contributed by atoms with Crippen LogP contribution in [0, 0.1) is 0 Å². The van der Waals surface area contributed by atoms with Gasteiger partial charge in [-0.3, -0.25) is 9.89 Å². The Morgan fingerprint density at radius 2 is 2.04 bits per heavy atom. The summed E-state index contributed by atoms with van der Waals surface area (Å²) in [4.78, 5) is 6.38. The van der Waals surface area contributed by atoms with Crippen molar-refractivity contribution in [1.29, 1.82) is 0 Å². The van der Waals surface area contributed by atoms with E-state index in [1.807, 2.05) is 26.2 Å². The van der Waals surface area contributed by atoms with Gasteiger partial charge in [-0.2, -0.15) is 0 Å². The summed E-state index contributed by atoms with van der Waals surface area (Å²) < 4.78 is 11.1. The topological polar surface area (TPSA) is 62.0 Å². The number of unbranched alkanes of at least 4 members (excludes halogenated alkanes) is 1. The van der Waals surface area contributed by atoms with Crippen LogP contribution in [-0.4, -0.2) is 58.3 Å². The first kappa shape index (κ1) is 23.2. The molecule has 0 spiro atoms. The van der Waals surface area contributed by atoms with Crippen molar-refractivity contribution in [2.45, 2.75) is 32.2 Å². The van der Waals surface area contributed by atoms with E-state index in [0.717, 1.165) is 50.9 Å². The lowest BCUT2D eigenvalue weighted by atomic mass is 10.2. The highest BCUT2D eigenvalue weighted by atomic mass is 127. The Morgan fingerprint density at radius 3 is 2.62 bits per heavy atom. The van der Waals surface area contributed by atoms with E-state index in [1.54, 1.807) is 13.3 Å². The van der Waals surface area contributed by atoms with E-state index >= 15 is 0 Å². The summed E-state index contributed by atoms with van der Waals surface area (Å²) >= 11 is 0. The van der Waals surface area contributed by atoms with Gasteiger partial charge < -0.3 is 19.8 Å². The molecule has 1 heterocycles. The van der Waals surface area contributed by atoms with Gasteiger partial charge in [0.1, 0.15) is 5.76 Å². The van der Waals surface area contributed by atoms with Crippen molar-refractivity contribution in [1.82, 2.24) is 15.5 Å². The minimum Gasteiger partial charge on any atom is -0.468 e. The van der Waals surface area contributed by atoms with Crippen molar-refractivity contribution < 1.29 is 9.15 Å². The Morgan fingerprint density at radius 1 is 1.29 bits per heavy atom. The number of aliphatic imine (C=N–C) groups is 1. The van der Waals surface area contributed by atoms with Gasteiger partial charge in [0, 0.05) is 33.4 Å². The molecule has 2 N–H and O–H groups in total. The first-order valence-electron chi connectivity index (χ1n) is 8.41. The van der Waals surface area contributed by atoms with Crippen molar-refractivity contribution >= 4 is 29.9 Å². The predicted octanol–water partition coefficient (Wildman–Crippen LogP) is 2.87. The molecule has 0 radical (unpaired) electrons. The van der Waals surface area contributed by atoms with E-state index in [-0.39, 0.29) is 30.0 Å². The van der Waals surface area contributed by atoms with Crippen molar-refractivity contribution in [3.8, 4) is 0 Å². The molecule has 0 bridgehead atoms. The number of likely N-dealkylation sites (N-methyl/N-ethyl adjacent to an activating group) is 1. The van der Waals surface area contributed by atoms with Gasteiger partial charge in [0.05, 0.1) is 12.3 Å². The summed E-state index contributed by atoms with van der Waals surface area (Å²) in [6.07, 6.45) is 4.99. The van der Waals surface area contributed by atoms with E-state index in [9.17, 15) is 0 Å². The highest BCUT2D eigenvalue weighted by Gasteiger charge is 2.17. The van der Waals surface area contributed by atoms with Gasteiger partial charge >= 0.3 is 0 Å². The van der Waals surface area contributed by atoms with Gasteiger partial charge in [0.15, 0.2) is 5.96 Å². The molecule has 6 nitrogen and oxygen atoms in total. The van der Waals surface area contributed by atoms with E-state index in [2.05, 4.69) is 27.4 Å². The van der Waals surface area contributed by atoms with Gasteiger partial charge in [-0.05, 0) is 39.1 Å². The second-order valence-corrected chi connectivity index (χ2v) is 5.69. The molecule has 0 aliphatic heterocycles. The number of guanidine groups is 1. The van der Waals surface area contributed by atoms with Crippen molar-refractivity contribution in [2.75, 3.05) is 47.4 Å². The Hall–Kier alpha value is -0.800. The fourth-order valence-electron chi connectivity index (χ4n) is 2.16. The van der Waals surface area contributed by atoms with Crippen LogP contribution < -0.4 is 10.6 Å². The first-order chi connectivity index (χ1) is 11.2. The maximum atomic E-state index is 5.55. The largest absolute Gasteiger partial charge is 0.468 e. The Labute approximate surface area is 163 Å². The van der Waals surface area contributed by atoms with Crippen LogP contribution in [0.15, 0.2) is 27.8 Å². The number of hydrogen-bond acceptors (Lipinski definition) is 4. The molecule has 7 heteroatoms. The van der Waals surface area contributed by atoms with Crippen LogP contribution in [0.3, 0.4) is 0 Å². The highest BCUT2D eigenvalue weighted by molar-refractivity contribution is 14.0. The summed E-state index contributed by atoms with van der Waals surface area (Å²) in [6.45, 7) is 5.39. The van der Waals surface area contributed by atoms with E-state index in [4.69, 9.17) is 9.15 Å². The molecule has 1 aromatic heterocycles. The molecule has 0 saturated heterocycles. The van der Waals surface area contributed by atoms with Gasteiger partial charge in [0.25, 0.3) is 0 Å². The number of furan rings is 1. The minimum atomic E-state index is 0. The second-order valence-electron chi connectivity index (χ2n) is 5.69. The highest BCUT2D eigenvalue weighted by Crippen LogP contribution is 2.17. The number of nitrogens with zero attached hydrogens (tertiary/aromatic N) is 2. The van der Waals surface area contributed by atoms with Crippen LogP contribution in [0.4, 0.5) is 0 Å². The molecule has 0 fully saturated rings. The lowest BCUT2D eigenvalue weighted by Crippen LogP contribution is -2.42. The number of nitrogens with one attached hydrogen (secondary N) is 2. The third kappa shape index (κ3) is 9.48. The molecular weight excluding hydrogens is 419 g/mol. The lowest BCUT2D eigenvalue weighted by molar-refractivity contribution is 0.129. The monoisotopic (exact) mass is 452 g/mol. The number of hydrogen-bond donors (Lipinski definition) is 2. The standard InChI is InChI=1S/C17H32N4O2.HI/c1-5-6-11-22-12-8-10-19-17(18-2)20-14-15(21(3)4)16-9-7-13-23-16;/h7,9,13,15H,5-6,8,10-12,14H2,1-4H3,(H2,18,19,20);1H. The zero-order chi connectivity index (χ0) is 16.9. The quantitative estimate of drug-likeness (QED) is 0.234. The maximum absolute atomic E-state index is 5.55. The molecule has 140 valence electrons. The lowest BCUT2D eigenvalue weighted by Gasteiger charge is -2.23. The average Bonchev–Trinajstić information content (AvgIpc) is 3.06. The Balaban J connectivity index is 0.00000529. The normalized spacial score (nSPS) is 12.8. The predicted molar refractivity (Wildman–Crippen MR) is 110 cm³/mol. The van der Waals surface area contributed by atoms with E-state index in [1.165, 1.54) is 6.42 Å². The molecule has 24 heavy (non-hydrogen) atoms. The fraction of sp³-hybridized carbons (Fsp3) is 0.706. The summed E-state index contributed by atoms with van der Waals surface area (Å²) in [5, 5.41) is 6.66. The minimum absolute atomic E-state index is 0. The Bertz CT molecular complexity index is 424. The third-order valence-corrected chi connectivity index (χ3v) is 3.58. The van der Waals surface area contributed by atoms with Crippen LogP contribution in [-0.2, 0) is 4.74 Å². The molecule has 0 amide bonds. The summed E-state index contributed by atoms with van der Waals surface area (Å²) in [5.74, 6) is 1.75. The summed E-state index contributed by atoms with van der Waals surface area (Å²) in [5.41, 5.74) is 0. The zero-order valence-electron chi connectivity index (χ0n) is 15.4. The van der Waals surface area contributed by atoms with E-state index in [0.29, 0.717) is 0 Å². The summed E-state index contributed by atoms with van der Waals surface area (Å²) in [6, 6.07) is 4.08. The summed E-state index contributed by atoms with van der Waals surface area (Å²) in [7, 11) is 5.86. The molecule has 1 unspecified atom stereocenters. The van der Waals surface area contributed by atoms with Crippen LogP contribution in [0.25, 0.3) is 0 Å². The number of rotatable bonds is 11. The van der Waals surface area contributed by atoms with Crippen molar-refractivity contribution in [3.05, 3.63) is 24.2 Å². The van der Waals surface area contributed by atoms with Crippen LogP contribution in [0.1, 0.15) is 38.0 Å². The maximum Gasteiger partial charge on any atom is 0.191 e.